The molecule has 2 fully saturated rings. The Kier molecular flexibility index (Phi) is 4.30. The fourth-order valence-corrected chi connectivity index (χ4v) is 3.57. The third-order valence-electron chi connectivity index (χ3n) is 5.16. The van der Waals surface area contributed by atoms with Crippen LogP contribution in [0.25, 0.3) is 0 Å². The van der Waals surface area contributed by atoms with Crippen molar-refractivity contribution in [3.8, 4) is 0 Å². The fourth-order valence-electron chi connectivity index (χ4n) is 3.57. The van der Waals surface area contributed by atoms with Crippen molar-refractivity contribution in [1.29, 1.82) is 0 Å². The first-order valence-corrected chi connectivity index (χ1v) is 8.20. The smallest absolute Gasteiger partial charge is 0.225 e. The number of nitrogens with one attached hydrogen (secondary N) is 1. The van der Waals surface area contributed by atoms with Crippen LogP contribution in [-0.4, -0.2) is 36.2 Å². The molecule has 1 aliphatic carbocycles. The number of benzene rings is 1. The van der Waals surface area contributed by atoms with Gasteiger partial charge in [-0.15, -0.1) is 0 Å². The molecule has 22 heavy (non-hydrogen) atoms. The second-order valence-corrected chi connectivity index (χ2v) is 6.81. The minimum absolute atomic E-state index is 0.0387. The lowest BCUT2D eigenvalue weighted by Crippen LogP contribution is -2.34. The molecule has 1 spiro atoms. The van der Waals surface area contributed by atoms with E-state index in [0.29, 0.717) is 17.4 Å². The SMILES string of the molecule is CC(=O)c1ccc(NC(=O)CCN2CCC3(CCC3)C2)cc1. The molecule has 4 nitrogen and oxygen atoms in total. The van der Waals surface area contributed by atoms with Crippen molar-refractivity contribution in [1.82, 2.24) is 4.90 Å². The van der Waals surface area contributed by atoms with Gasteiger partial charge in [-0.1, -0.05) is 6.42 Å². The summed E-state index contributed by atoms with van der Waals surface area (Å²) in [6.45, 7) is 4.70. The average molecular weight is 300 g/mol. The van der Waals surface area contributed by atoms with E-state index in [0.717, 1.165) is 18.8 Å². The highest BCUT2D eigenvalue weighted by molar-refractivity contribution is 5.95. The number of nitrogens with zero attached hydrogens (tertiary/aromatic N) is 1. The number of carbonyl (C=O) groups is 2. The van der Waals surface area contributed by atoms with E-state index in [1.54, 1.807) is 31.2 Å². The van der Waals surface area contributed by atoms with E-state index in [1.165, 1.54) is 32.2 Å². The summed E-state index contributed by atoms with van der Waals surface area (Å²) in [5.74, 6) is 0.0852. The minimum Gasteiger partial charge on any atom is -0.326 e. The molecule has 0 radical (unpaired) electrons. The molecule has 2 aliphatic rings. The van der Waals surface area contributed by atoms with E-state index in [1.807, 2.05) is 0 Å². The predicted molar refractivity (Wildman–Crippen MR) is 87.0 cm³/mol. The summed E-state index contributed by atoms with van der Waals surface area (Å²) in [7, 11) is 0. The van der Waals surface area contributed by atoms with E-state index in [-0.39, 0.29) is 11.7 Å². The van der Waals surface area contributed by atoms with Crippen molar-refractivity contribution in [2.45, 2.75) is 39.0 Å². The number of ketones is 1. The maximum atomic E-state index is 12.0. The van der Waals surface area contributed by atoms with Crippen LogP contribution in [0.3, 0.4) is 0 Å². The van der Waals surface area contributed by atoms with Gasteiger partial charge < -0.3 is 10.2 Å². The highest BCUT2D eigenvalue weighted by Gasteiger charge is 2.42. The Balaban J connectivity index is 1.43. The van der Waals surface area contributed by atoms with E-state index >= 15 is 0 Å². The first-order valence-electron chi connectivity index (χ1n) is 8.20. The van der Waals surface area contributed by atoms with Crippen molar-refractivity contribution >= 4 is 17.4 Å². The highest BCUT2D eigenvalue weighted by Crippen LogP contribution is 2.47. The number of rotatable bonds is 5. The Bertz CT molecular complexity index is 561. The first-order chi connectivity index (χ1) is 10.6. The zero-order valence-electron chi connectivity index (χ0n) is 13.2. The van der Waals surface area contributed by atoms with Gasteiger partial charge in [-0.2, -0.15) is 0 Å². The second kappa shape index (κ2) is 6.21. The van der Waals surface area contributed by atoms with E-state index < -0.39 is 0 Å². The molecule has 4 heteroatoms. The number of hydrogen-bond acceptors (Lipinski definition) is 3. The van der Waals surface area contributed by atoms with Crippen LogP contribution >= 0.6 is 0 Å². The maximum Gasteiger partial charge on any atom is 0.225 e. The summed E-state index contributed by atoms with van der Waals surface area (Å²) in [4.78, 5) is 25.7. The Labute approximate surface area is 131 Å². The first kappa shape index (κ1) is 15.2. The summed E-state index contributed by atoms with van der Waals surface area (Å²) in [5, 5.41) is 2.90. The normalized spacial score (nSPS) is 19.9. The Hall–Kier alpha value is -1.68. The Morgan fingerprint density at radius 1 is 1.18 bits per heavy atom. The summed E-state index contributed by atoms with van der Waals surface area (Å²) in [6.07, 6.45) is 5.96. The lowest BCUT2D eigenvalue weighted by molar-refractivity contribution is -0.116. The van der Waals surface area contributed by atoms with Crippen LogP contribution in [-0.2, 0) is 4.79 Å². The van der Waals surface area contributed by atoms with Crippen LogP contribution in [0.1, 0.15) is 49.4 Å². The largest absolute Gasteiger partial charge is 0.326 e. The van der Waals surface area contributed by atoms with Crippen LogP contribution in [0.5, 0.6) is 0 Å². The molecular formula is C18H24N2O2. The lowest BCUT2D eigenvalue weighted by atomic mass is 9.68. The summed E-state index contributed by atoms with van der Waals surface area (Å²) in [6, 6.07) is 7.07. The lowest BCUT2D eigenvalue weighted by Gasteiger charge is -2.38. The molecule has 1 saturated carbocycles. The van der Waals surface area contributed by atoms with Crippen LogP contribution in [0.2, 0.25) is 0 Å². The molecule has 1 N–H and O–H groups in total. The van der Waals surface area contributed by atoms with Gasteiger partial charge in [-0.3, -0.25) is 9.59 Å². The molecule has 1 heterocycles. The molecule has 0 aromatic heterocycles. The van der Waals surface area contributed by atoms with Gasteiger partial charge in [0.05, 0.1) is 0 Å². The summed E-state index contributed by atoms with van der Waals surface area (Å²) >= 11 is 0. The van der Waals surface area contributed by atoms with E-state index in [9.17, 15) is 9.59 Å². The van der Waals surface area contributed by atoms with Gasteiger partial charge in [0, 0.05) is 30.8 Å². The molecule has 0 unspecified atom stereocenters. The minimum atomic E-state index is 0.0387. The van der Waals surface area contributed by atoms with E-state index in [4.69, 9.17) is 0 Å². The molecule has 0 atom stereocenters. The second-order valence-electron chi connectivity index (χ2n) is 6.81. The van der Waals surface area contributed by atoms with Gasteiger partial charge in [0.2, 0.25) is 5.91 Å². The number of amides is 1. The predicted octanol–water partition coefficient (Wildman–Crippen LogP) is 3.09. The average Bonchev–Trinajstić information content (AvgIpc) is 2.90. The Morgan fingerprint density at radius 2 is 1.91 bits per heavy atom. The van der Waals surface area contributed by atoms with Crippen molar-refractivity contribution in [2.24, 2.45) is 5.41 Å². The van der Waals surface area contributed by atoms with Gasteiger partial charge in [-0.25, -0.2) is 0 Å². The van der Waals surface area contributed by atoms with Crippen LogP contribution in [0.15, 0.2) is 24.3 Å². The third-order valence-corrected chi connectivity index (χ3v) is 5.16. The molecule has 3 rings (SSSR count). The topological polar surface area (TPSA) is 49.4 Å². The van der Waals surface area contributed by atoms with Gasteiger partial charge in [0.1, 0.15) is 0 Å². The zero-order chi connectivity index (χ0) is 15.6. The quantitative estimate of drug-likeness (QED) is 0.850. The molecule has 118 valence electrons. The van der Waals surface area contributed by atoms with E-state index in [2.05, 4.69) is 10.2 Å². The molecule has 1 amide bonds. The standard InChI is InChI=1S/C18H24N2O2/c1-14(21)15-3-5-16(6-4-15)19-17(22)7-11-20-12-10-18(13-20)8-2-9-18/h3-6H,2,7-13H2,1H3,(H,19,22). The van der Waals surface area contributed by atoms with Crippen molar-refractivity contribution in [3.05, 3.63) is 29.8 Å². The number of hydrogen-bond donors (Lipinski definition) is 1. The van der Waals surface area contributed by atoms with Gasteiger partial charge in [-0.05, 0) is 62.4 Å². The molecule has 0 bridgehead atoms. The molecule has 1 aliphatic heterocycles. The number of anilines is 1. The highest BCUT2D eigenvalue weighted by atomic mass is 16.1. The van der Waals surface area contributed by atoms with Crippen molar-refractivity contribution in [3.63, 3.8) is 0 Å². The summed E-state index contributed by atoms with van der Waals surface area (Å²) in [5.41, 5.74) is 2.02. The molecule has 1 aromatic carbocycles. The zero-order valence-corrected chi connectivity index (χ0v) is 13.2. The van der Waals surface area contributed by atoms with Crippen LogP contribution < -0.4 is 5.32 Å². The third kappa shape index (κ3) is 3.38. The van der Waals surface area contributed by atoms with Crippen LogP contribution in [0.4, 0.5) is 5.69 Å². The fraction of sp³-hybridized carbons (Fsp3) is 0.556. The monoisotopic (exact) mass is 300 g/mol. The van der Waals surface area contributed by atoms with Crippen molar-refractivity contribution < 1.29 is 9.59 Å². The summed E-state index contributed by atoms with van der Waals surface area (Å²) < 4.78 is 0. The number of Topliss-reactive ketones (excluding diaryl/α,β-unsaturated/α-hetero) is 1. The van der Waals surface area contributed by atoms with Gasteiger partial charge in [0.25, 0.3) is 0 Å². The molecule has 1 saturated heterocycles. The van der Waals surface area contributed by atoms with Crippen LogP contribution in [0, 0.1) is 5.41 Å². The number of likely N-dealkylation sites (tertiary alicyclic amines) is 1. The number of carbonyl (C=O) groups excluding carboxylic acids is 2. The molecular weight excluding hydrogens is 276 g/mol. The van der Waals surface area contributed by atoms with Crippen molar-refractivity contribution in [2.75, 3.05) is 25.0 Å². The maximum absolute atomic E-state index is 12.0. The van der Waals surface area contributed by atoms with Gasteiger partial charge >= 0.3 is 0 Å². The van der Waals surface area contributed by atoms with Gasteiger partial charge in [0.15, 0.2) is 5.78 Å². The molecule has 1 aromatic rings. The Morgan fingerprint density at radius 3 is 2.45 bits per heavy atom.